The number of carbonyl (C=O) groups is 1. The number of likely N-dealkylation sites (N-methyl/N-ethyl adjacent to an activating group) is 1. The Hall–Kier alpha value is -0.650. The molecule has 0 spiro atoms. The lowest BCUT2D eigenvalue weighted by Crippen LogP contribution is -2.41. The Morgan fingerprint density at radius 3 is 3.06 bits per heavy atom. The van der Waals surface area contributed by atoms with Crippen LogP contribution in [0, 0.1) is 0 Å². The molecule has 0 aliphatic carbocycles. The Labute approximate surface area is 104 Å². The van der Waals surface area contributed by atoms with Crippen molar-refractivity contribution in [2.24, 2.45) is 0 Å². The number of methoxy groups -OCH3 is 1. The molecule has 100 valence electrons. The number of hydrogen-bond donors (Lipinski definition) is 2. The highest BCUT2D eigenvalue weighted by Crippen LogP contribution is 2.05. The molecule has 1 amide bonds. The van der Waals surface area contributed by atoms with E-state index in [0.717, 1.165) is 19.5 Å². The third-order valence-electron chi connectivity index (χ3n) is 2.96. The molecule has 0 radical (unpaired) electrons. The van der Waals surface area contributed by atoms with E-state index in [-0.39, 0.29) is 5.91 Å². The SMILES string of the molecule is COCCCNC(=O)CN(C)CC1CCCN1. The van der Waals surface area contributed by atoms with Gasteiger partial charge in [-0.1, -0.05) is 0 Å². The summed E-state index contributed by atoms with van der Waals surface area (Å²) >= 11 is 0. The van der Waals surface area contributed by atoms with E-state index in [1.54, 1.807) is 7.11 Å². The Balaban J connectivity index is 2.03. The molecule has 0 aromatic rings. The summed E-state index contributed by atoms with van der Waals surface area (Å²) in [7, 11) is 3.67. The molecule has 0 saturated carbocycles. The van der Waals surface area contributed by atoms with Crippen LogP contribution in [0.2, 0.25) is 0 Å². The minimum atomic E-state index is 0.0987. The molecule has 1 fully saturated rings. The van der Waals surface area contributed by atoms with Gasteiger partial charge in [0.2, 0.25) is 5.91 Å². The molecule has 1 saturated heterocycles. The predicted molar refractivity (Wildman–Crippen MR) is 68.0 cm³/mol. The fourth-order valence-corrected chi connectivity index (χ4v) is 2.10. The smallest absolute Gasteiger partial charge is 0.234 e. The van der Waals surface area contributed by atoms with Crippen LogP contribution in [0.5, 0.6) is 0 Å². The van der Waals surface area contributed by atoms with E-state index in [1.807, 2.05) is 7.05 Å². The number of carbonyl (C=O) groups excluding carboxylic acids is 1. The summed E-state index contributed by atoms with van der Waals surface area (Å²) < 4.78 is 4.92. The third-order valence-corrected chi connectivity index (χ3v) is 2.96. The van der Waals surface area contributed by atoms with Gasteiger partial charge in [-0.2, -0.15) is 0 Å². The van der Waals surface area contributed by atoms with E-state index in [0.29, 0.717) is 25.7 Å². The molecule has 5 nitrogen and oxygen atoms in total. The van der Waals surface area contributed by atoms with E-state index >= 15 is 0 Å². The van der Waals surface area contributed by atoms with Crippen LogP contribution in [0.1, 0.15) is 19.3 Å². The summed E-state index contributed by atoms with van der Waals surface area (Å²) in [6.07, 6.45) is 3.34. The van der Waals surface area contributed by atoms with Crippen molar-refractivity contribution < 1.29 is 9.53 Å². The lowest BCUT2D eigenvalue weighted by Gasteiger charge is -2.20. The Bertz CT molecular complexity index is 218. The van der Waals surface area contributed by atoms with E-state index in [4.69, 9.17) is 4.74 Å². The average molecular weight is 243 g/mol. The summed E-state index contributed by atoms with van der Waals surface area (Å²) in [5.74, 6) is 0.0987. The fourth-order valence-electron chi connectivity index (χ4n) is 2.10. The molecule has 1 atom stereocenters. The van der Waals surface area contributed by atoms with Gasteiger partial charge >= 0.3 is 0 Å². The standard InChI is InChI=1S/C12H25N3O2/c1-15(9-11-5-3-6-13-11)10-12(16)14-7-4-8-17-2/h11,13H,3-10H2,1-2H3,(H,14,16). The molecule has 0 bridgehead atoms. The first-order valence-corrected chi connectivity index (χ1v) is 6.40. The lowest BCUT2D eigenvalue weighted by atomic mass is 10.2. The first-order chi connectivity index (χ1) is 8.22. The topological polar surface area (TPSA) is 53.6 Å². The number of nitrogens with one attached hydrogen (secondary N) is 2. The highest BCUT2D eigenvalue weighted by Gasteiger charge is 2.16. The second-order valence-electron chi connectivity index (χ2n) is 4.69. The van der Waals surface area contributed by atoms with Crippen LogP contribution < -0.4 is 10.6 Å². The maximum atomic E-state index is 11.6. The number of amides is 1. The molecule has 17 heavy (non-hydrogen) atoms. The van der Waals surface area contributed by atoms with Gasteiger partial charge in [0.15, 0.2) is 0 Å². The van der Waals surface area contributed by atoms with Crippen molar-refractivity contribution in [1.82, 2.24) is 15.5 Å². The van der Waals surface area contributed by atoms with Crippen LogP contribution in [0.25, 0.3) is 0 Å². The largest absolute Gasteiger partial charge is 0.385 e. The molecular formula is C12H25N3O2. The maximum absolute atomic E-state index is 11.6. The van der Waals surface area contributed by atoms with E-state index in [9.17, 15) is 4.79 Å². The Morgan fingerprint density at radius 1 is 1.59 bits per heavy atom. The van der Waals surface area contributed by atoms with E-state index in [1.165, 1.54) is 12.8 Å². The van der Waals surface area contributed by atoms with Crippen LogP contribution in [0.15, 0.2) is 0 Å². The van der Waals surface area contributed by atoms with Gasteiger partial charge in [0, 0.05) is 32.8 Å². The van der Waals surface area contributed by atoms with Gasteiger partial charge in [0.1, 0.15) is 0 Å². The van der Waals surface area contributed by atoms with Gasteiger partial charge in [0.05, 0.1) is 6.54 Å². The first kappa shape index (κ1) is 14.4. The molecule has 1 unspecified atom stereocenters. The van der Waals surface area contributed by atoms with E-state index in [2.05, 4.69) is 15.5 Å². The van der Waals surface area contributed by atoms with Crippen LogP contribution in [-0.4, -0.2) is 63.8 Å². The van der Waals surface area contributed by atoms with Crippen molar-refractivity contribution in [2.45, 2.75) is 25.3 Å². The number of hydrogen-bond acceptors (Lipinski definition) is 4. The monoisotopic (exact) mass is 243 g/mol. The molecule has 1 heterocycles. The van der Waals surface area contributed by atoms with Crippen LogP contribution in [0.3, 0.4) is 0 Å². The molecule has 1 aliphatic rings. The number of ether oxygens (including phenoxy) is 1. The summed E-state index contributed by atoms with van der Waals surface area (Å²) in [6, 6.07) is 0.557. The molecule has 2 N–H and O–H groups in total. The fraction of sp³-hybridized carbons (Fsp3) is 0.917. The summed E-state index contributed by atoms with van der Waals surface area (Å²) in [5, 5.41) is 6.32. The van der Waals surface area contributed by atoms with Crippen molar-refractivity contribution >= 4 is 5.91 Å². The number of nitrogens with zero attached hydrogens (tertiary/aromatic N) is 1. The minimum Gasteiger partial charge on any atom is -0.385 e. The summed E-state index contributed by atoms with van der Waals surface area (Å²) in [6.45, 7) is 3.93. The summed E-state index contributed by atoms with van der Waals surface area (Å²) in [5.41, 5.74) is 0. The zero-order chi connectivity index (χ0) is 12.5. The maximum Gasteiger partial charge on any atom is 0.234 e. The van der Waals surface area contributed by atoms with Crippen LogP contribution in [0.4, 0.5) is 0 Å². The van der Waals surface area contributed by atoms with Crippen LogP contribution >= 0.6 is 0 Å². The second-order valence-corrected chi connectivity index (χ2v) is 4.69. The average Bonchev–Trinajstić information content (AvgIpc) is 2.77. The van der Waals surface area contributed by atoms with Crippen molar-refractivity contribution in [3.63, 3.8) is 0 Å². The predicted octanol–water partition coefficient (Wildman–Crippen LogP) is -0.177. The van der Waals surface area contributed by atoms with Gasteiger partial charge in [-0.05, 0) is 32.9 Å². The Kier molecular flexibility index (Phi) is 7.16. The second kappa shape index (κ2) is 8.44. The minimum absolute atomic E-state index is 0.0987. The zero-order valence-electron chi connectivity index (χ0n) is 11.0. The van der Waals surface area contributed by atoms with Crippen LogP contribution in [-0.2, 0) is 9.53 Å². The molecule has 0 aromatic carbocycles. The lowest BCUT2D eigenvalue weighted by molar-refractivity contribution is -0.122. The highest BCUT2D eigenvalue weighted by atomic mass is 16.5. The van der Waals surface area contributed by atoms with Gasteiger partial charge in [-0.25, -0.2) is 0 Å². The quantitative estimate of drug-likeness (QED) is 0.581. The third kappa shape index (κ3) is 6.61. The zero-order valence-corrected chi connectivity index (χ0v) is 11.0. The number of rotatable bonds is 8. The van der Waals surface area contributed by atoms with Crippen molar-refractivity contribution in [3.05, 3.63) is 0 Å². The van der Waals surface area contributed by atoms with Gasteiger partial charge in [0.25, 0.3) is 0 Å². The van der Waals surface area contributed by atoms with Gasteiger partial charge < -0.3 is 15.4 Å². The molecule has 5 heteroatoms. The van der Waals surface area contributed by atoms with Gasteiger partial charge in [-0.3, -0.25) is 9.69 Å². The molecule has 1 aliphatic heterocycles. The van der Waals surface area contributed by atoms with Crippen molar-refractivity contribution in [3.8, 4) is 0 Å². The summed E-state index contributed by atoms with van der Waals surface area (Å²) in [4.78, 5) is 13.7. The van der Waals surface area contributed by atoms with E-state index < -0.39 is 0 Å². The molecular weight excluding hydrogens is 218 g/mol. The first-order valence-electron chi connectivity index (χ1n) is 6.40. The van der Waals surface area contributed by atoms with Crippen molar-refractivity contribution in [2.75, 3.05) is 46.9 Å². The highest BCUT2D eigenvalue weighted by molar-refractivity contribution is 5.77. The normalized spacial score (nSPS) is 19.8. The molecule has 1 rings (SSSR count). The molecule has 0 aromatic heterocycles. The van der Waals surface area contributed by atoms with Crippen molar-refractivity contribution in [1.29, 1.82) is 0 Å². The van der Waals surface area contributed by atoms with Gasteiger partial charge in [-0.15, -0.1) is 0 Å². The Morgan fingerprint density at radius 2 is 2.41 bits per heavy atom.